The third kappa shape index (κ3) is 3.06. The standard InChI is InChI=1S/C16H23NO3/c18-16(15-7-4-9-20-15)17(11-13-8-10-19-12-13)14-5-2-1-3-6-14/h8,10,12,14-15H,1-7,9,11H2/t15-/m0/s1. The van der Waals surface area contributed by atoms with Gasteiger partial charge in [0, 0.05) is 24.8 Å². The maximum atomic E-state index is 12.7. The Morgan fingerprint density at radius 3 is 2.70 bits per heavy atom. The Morgan fingerprint density at radius 1 is 1.20 bits per heavy atom. The summed E-state index contributed by atoms with van der Waals surface area (Å²) < 4.78 is 10.7. The second kappa shape index (κ2) is 6.44. The van der Waals surface area contributed by atoms with Gasteiger partial charge in [-0.3, -0.25) is 4.79 Å². The number of nitrogens with zero attached hydrogens (tertiary/aromatic N) is 1. The highest BCUT2D eigenvalue weighted by Crippen LogP contribution is 2.26. The Labute approximate surface area is 120 Å². The molecule has 1 saturated carbocycles. The van der Waals surface area contributed by atoms with Gasteiger partial charge in [-0.1, -0.05) is 19.3 Å². The van der Waals surface area contributed by atoms with Crippen LogP contribution < -0.4 is 0 Å². The summed E-state index contributed by atoms with van der Waals surface area (Å²) in [5.41, 5.74) is 1.07. The highest BCUT2D eigenvalue weighted by Gasteiger charge is 2.33. The van der Waals surface area contributed by atoms with E-state index in [4.69, 9.17) is 9.15 Å². The highest BCUT2D eigenvalue weighted by atomic mass is 16.5. The second-order valence-corrected chi connectivity index (χ2v) is 5.89. The number of furan rings is 1. The highest BCUT2D eigenvalue weighted by molar-refractivity contribution is 5.81. The van der Waals surface area contributed by atoms with E-state index in [0.717, 1.165) is 37.9 Å². The lowest BCUT2D eigenvalue weighted by Crippen LogP contribution is -2.45. The third-order valence-electron chi connectivity index (χ3n) is 4.44. The van der Waals surface area contributed by atoms with E-state index < -0.39 is 0 Å². The minimum absolute atomic E-state index is 0.176. The van der Waals surface area contributed by atoms with Crippen molar-refractivity contribution >= 4 is 5.91 Å². The predicted octanol–water partition coefficient (Wildman–Crippen LogP) is 3.12. The molecule has 1 saturated heterocycles. The van der Waals surface area contributed by atoms with Crippen LogP contribution in [-0.2, 0) is 16.1 Å². The van der Waals surface area contributed by atoms with Gasteiger partial charge in [-0.05, 0) is 31.7 Å². The summed E-state index contributed by atoms with van der Waals surface area (Å²) in [7, 11) is 0. The van der Waals surface area contributed by atoms with Gasteiger partial charge in [-0.2, -0.15) is 0 Å². The second-order valence-electron chi connectivity index (χ2n) is 5.89. The molecule has 1 aromatic heterocycles. The van der Waals surface area contributed by atoms with Crippen molar-refractivity contribution < 1.29 is 13.9 Å². The lowest BCUT2D eigenvalue weighted by atomic mass is 9.93. The van der Waals surface area contributed by atoms with Gasteiger partial charge in [0.25, 0.3) is 5.91 Å². The quantitative estimate of drug-likeness (QED) is 0.849. The van der Waals surface area contributed by atoms with E-state index in [1.807, 2.05) is 11.0 Å². The molecule has 2 fully saturated rings. The molecule has 4 heteroatoms. The molecule has 4 nitrogen and oxygen atoms in total. The van der Waals surface area contributed by atoms with Crippen molar-refractivity contribution in [1.82, 2.24) is 4.90 Å². The molecule has 2 aliphatic rings. The number of carbonyl (C=O) groups excluding carboxylic acids is 1. The number of rotatable bonds is 4. The first-order valence-electron chi connectivity index (χ1n) is 7.78. The minimum Gasteiger partial charge on any atom is -0.472 e. The molecule has 0 radical (unpaired) electrons. The number of hydrogen-bond acceptors (Lipinski definition) is 3. The summed E-state index contributed by atoms with van der Waals surface area (Å²) in [4.78, 5) is 14.8. The molecule has 0 aromatic carbocycles. The topological polar surface area (TPSA) is 42.7 Å². The lowest BCUT2D eigenvalue weighted by Gasteiger charge is -2.35. The van der Waals surface area contributed by atoms with Gasteiger partial charge in [0.2, 0.25) is 0 Å². The fraction of sp³-hybridized carbons (Fsp3) is 0.688. The largest absolute Gasteiger partial charge is 0.472 e. The van der Waals surface area contributed by atoms with Crippen molar-refractivity contribution in [3.8, 4) is 0 Å². The third-order valence-corrected chi connectivity index (χ3v) is 4.44. The molecule has 1 aromatic rings. The van der Waals surface area contributed by atoms with Gasteiger partial charge in [0.15, 0.2) is 0 Å². The molecule has 20 heavy (non-hydrogen) atoms. The van der Waals surface area contributed by atoms with E-state index in [1.165, 1.54) is 19.3 Å². The van der Waals surface area contributed by atoms with E-state index >= 15 is 0 Å². The predicted molar refractivity (Wildman–Crippen MR) is 75.1 cm³/mol. The Hall–Kier alpha value is -1.29. The van der Waals surface area contributed by atoms with E-state index in [1.54, 1.807) is 12.5 Å². The Kier molecular flexibility index (Phi) is 4.41. The van der Waals surface area contributed by atoms with Crippen molar-refractivity contribution in [2.45, 2.75) is 63.6 Å². The van der Waals surface area contributed by atoms with Crippen LogP contribution in [0.25, 0.3) is 0 Å². The van der Waals surface area contributed by atoms with Crippen LogP contribution in [0.5, 0.6) is 0 Å². The Balaban J connectivity index is 1.72. The van der Waals surface area contributed by atoms with E-state index in [2.05, 4.69) is 0 Å². The van der Waals surface area contributed by atoms with Gasteiger partial charge in [-0.25, -0.2) is 0 Å². The molecule has 0 N–H and O–H groups in total. The average Bonchev–Trinajstić information content (AvgIpc) is 3.18. The first-order valence-corrected chi connectivity index (χ1v) is 7.78. The summed E-state index contributed by atoms with van der Waals surface area (Å²) in [5, 5.41) is 0. The fourth-order valence-electron chi connectivity index (χ4n) is 3.32. The van der Waals surface area contributed by atoms with Crippen molar-refractivity contribution in [2.75, 3.05) is 6.61 Å². The molecule has 2 heterocycles. The van der Waals surface area contributed by atoms with Gasteiger partial charge in [0.05, 0.1) is 12.5 Å². The summed E-state index contributed by atoms with van der Waals surface area (Å²) in [6, 6.07) is 2.31. The minimum atomic E-state index is -0.219. The average molecular weight is 277 g/mol. The summed E-state index contributed by atoms with van der Waals surface area (Å²) in [6.45, 7) is 1.38. The SMILES string of the molecule is O=C([C@@H]1CCCO1)N(Cc1ccoc1)C1CCCCC1. The van der Waals surface area contributed by atoms with E-state index in [-0.39, 0.29) is 12.0 Å². The first-order chi connectivity index (χ1) is 9.84. The van der Waals surface area contributed by atoms with Crippen LogP contribution in [0.1, 0.15) is 50.5 Å². The van der Waals surface area contributed by atoms with E-state index in [0.29, 0.717) is 12.6 Å². The zero-order valence-corrected chi connectivity index (χ0v) is 11.9. The van der Waals surface area contributed by atoms with Crippen molar-refractivity contribution in [3.05, 3.63) is 24.2 Å². The molecular weight excluding hydrogens is 254 g/mol. The van der Waals surface area contributed by atoms with Crippen molar-refractivity contribution in [2.24, 2.45) is 0 Å². The molecule has 1 atom stereocenters. The van der Waals surface area contributed by atoms with Gasteiger partial charge >= 0.3 is 0 Å². The normalized spacial score (nSPS) is 23.9. The van der Waals surface area contributed by atoms with Crippen molar-refractivity contribution in [3.63, 3.8) is 0 Å². The van der Waals surface area contributed by atoms with Crippen LogP contribution >= 0.6 is 0 Å². The molecule has 1 amide bonds. The fourth-order valence-corrected chi connectivity index (χ4v) is 3.32. The number of ether oxygens (including phenoxy) is 1. The maximum absolute atomic E-state index is 12.7. The molecule has 0 bridgehead atoms. The Morgan fingerprint density at radius 2 is 2.05 bits per heavy atom. The van der Waals surface area contributed by atoms with Crippen LogP contribution in [-0.4, -0.2) is 29.6 Å². The summed E-state index contributed by atoms with van der Waals surface area (Å²) >= 11 is 0. The molecule has 110 valence electrons. The van der Waals surface area contributed by atoms with Crippen LogP contribution in [0, 0.1) is 0 Å². The number of hydrogen-bond donors (Lipinski definition) is 0. The molecule has 1 aliphatic heterocycles. The molecular formula is C16H23NO3. The van der Waals surface area contributed by atoms with Crippen LogP contribution in [0.4, 0.5) is 0 Å². The summed E-state index contributed by atoms with van der Waals surface area (Å²) in [5.74, 6) is 0.176. The Bertz CT molecular complexity index is 417. The monoisotopic (exact) mass is 277 g/mol. The lowest BCUT2D eigenvalue weighted by molar-refractivity contribution is -0.144. The van der Waals surface area contributed by atoms with Crippen LogP contribution in [0.3, 0.4) is 0 Å². The van der Waals surface area contributed by atoms with Crippen LogP contribution in [0.15, 0.2) is 23.0 Å². The van der Waals surface area contributed by atoms with E-state index in [9.17, 15) is 4.79 Å². The molecule has 3 rings (SSSR count). The zero-order valence-electron chi connectivity index (χ0n) is 11.9. The number of carbonyl (C=O) groups is 1. The summed E-state index contributed by atoms with van der Waals surface area (Å²) in [6.07, 6.45) is 11.1. The van der Waals surface area contributed by atoms with Gasteiger partial charge in [0.1, 0.15) is 6.10 Å². The zero-order chi connectivity index (χ0) is 13.8. The van der Waals surface area contributed by atoms with Gasteiger partial charge < -0.3 is 14.1 Å². The molecule has 0 unspecified atom stereocenters. The smallest absolute Gasteiger partial charge is 0.252 e. The number of amides is 1. The first kappa shape index (κ1) is 13.7. The van der Waals surface area contributed by atoms with Crippen LogP contribution in [0.2, 0.25) is 0 Å². The molecule has 1 aliphatic carbocycles. The maximum Gasteiger partial charge on any atom is 0.252 e. The molecule has 0 spiro atoms. The van der Waals surface area contributed by atoms with Gasteiger partial charge in [-0.15, -0.1) is 0 Å². The van der Waals surface area contributed by atoms with Crippen molar-refractivity contribution in [1.29, 1.82) is 0 Å².